The lowest BCUT2D eigenvalue weighted by atomic mass is 10.2. The molecule has 0 aliphatic carbocycles. The van der Waals surface area contributed by atoms with E-state index in [1.165, 1.54) is 15.9 Å². The third-order valence-corrected chi connectivity index (χ3v) is 2.20. The smallest absolute Gasteiger partial charge is 0.341 e. The van der Waals surface area contributed by atoms with Crippen LogP contribution in [0, 0.1) is 6.92 Å². The molecule has 1 aliphatic heterocycles. The van der Waals surface area contributed by atoms with Crippen molar-refractivity contribution in [2.75, 3.05) is 18.0 Å². The van der Waals surface area contributed by atoms with Crippen molar-refractivity contribution in [2.24, 2.45) is 0 Å². The van der Waals surface area contributed by atoms with Gasteiger partial charge < -0.3 is 5.11 Å². The Bertz CT molecular complexity index is 493. The number of aromatic nitrogens is 1. The molecule has 0 saturated carbocycles. The van der Waals surface area contributed by atoms with E-state index < -0.39 is 11.4 Å². The lowest BCUT2D eigenvalue weighted by Crippen LogP contribution is -2.29. The van der Waals surface area contributed by atoms with E-state index in [1.807, 2.05) is 0 Å². The second-order valence-corrected chi connectivity index (χ2v) is 3.27. The highest BCUT2D eigenvalue weighted by atomic mass is 16.4. The standard InChI is InChI=1S/C8H10N4O3/c1-4-7(8(14)15)5(13)3-6-9-11(2)10-12(4)6/h3,9-10H,1-2H3,(H,14,15). The number of nitrogens with zero attached hydrogens (tertiary/aromatic N) is 2. The fraction of sp³-hybridized carbons (Fsp3) is 0.250. The molecule has 0 bridgehead atoms. The van der Waals surface area contributed by atoms with Gasteiger partial charge >= 0.3 is 5.97 Å². The first kappa shape index (κ1) is 9.53. The predicted molar refractivity (Wildman–Crippen MR) is 53.1 cm³/mol. The molecule has 1 aliphatic rings. The number of rotatable bonds is 1. The number of fused-ring (bicyclic) bond motifs is 1. The summed E-state index contributed by atoms with van der Waals surface area (Å²) < 4.78 is 1.50. The minimum Gasteiger partial charge on any atom is -0.477 e. The van der Waals surface area contributed by atoms with Crippen LogP contribution in [0.3, 0.4) is 0 Å². The molecule has 15 heavy (non-hydrogen) atoms. The van der Waals surface area contributed by atoms with Crippen molar-refractivity contribution in [1.82, 2.24) is 9.79 Å². The third kappa shape index (κ3) is 1.33. The first-order valence-electron chi connectivity index (χ1n) is 4.27. The van der Waals surface area contributed by atoms with Crippen LogP contribution in [0.1, 0.15) is 16.1 Å². The Morgan fingerprint density at radius 3 is 2.80 bits per heavy atom. The average Bonchev–Trinajstić information content (AvgIpc) is 2.45. The Morgan fingerprint density at radius 1 is 1.53 bits per heavy atom. The highest BCUT2D eigenvalue weighted by Crippen LogP contribution is 2.15. The third-order valence-electron chi connectivity index (χ3n) is 2.20. The zero-order valence-electron chi connectivity index (χ0n) is 8.24. The molecule has 0 saturated heterocycles. The van der Waals surface area contributed by atoms with Crippen LogP contribution in [0.5, 0.6) is 0 Å². The zero-order chi connectivity index (χ0) is 11.2. The van der Waals surface area contributed by atoms with Gasteiger partial charge in [-0.05, 0) is 6.92 Å². The topological polar surface area (TPSA) is 86.6 Å². The first-order chi connectivity index (χ1) is 7.00. The number of carbonyl (C=O) groups is 1. The molecule has 7 heteroatoms. The van der Waals surface area contributed by atoms with Gasteiger partial charge in [-0.25, -0.2) is 15.0 Å². The molecule has 0 aromatic carbocycles. The number of carboxylic acids is 1. The fourth-order valence-corrected chi connectivity index (χ4v) is 1.55. The summed E-state index contributed by atoms with van der Waals surface area (Å²) >= 11 is 0. The molecule has 0 fully saturated rings. The van der Waals surface area contributed by atoms with E-state index in [1.54, 1.807) is 14.0 Å². The highest BCUT2D eigenvalue weighted by Gasteiger charge is 2.22. The van der Waals surface area contributed by atoms with E-state index in [0.29, 0.717) is 11.5 Å². The van der Waals surface area contributed by atoms with E-state index in [-0.39, 0.29) is 5.56 Å². The Labute approximate surface area is 84.8 Å². The first-order valence-corrected chi connectivity index (χ1v) is 4.27. The number of nitrogens with one attached hydrogen (secondary N) is 2. The van der Waals surface area contributed by atoms with E-state index >= 15 is 0 Å². The summed E-state index contributed by atoms with van der Waals surface area (Å²) in [7, 11) is 1.71. The molecule has 0 radical (unpaired) electrons. The summed E-state index contributed by atoms with van der Waals surface area (Å²) in [5, 5.41) is 10.4. The number of hydrazine groups is 2. The van der Waals surface area contributed by atoms with Crippen LogP contribution in [0.2, 0.25) is 0 Å². The fourth-order valence-electron chi connectivity index (χ4n) is 1.55. The molecule has 1 aromatic rings. The number of hydrogen-bond donors (Lipinski definition) is 3. The second kappa shape index (κ2) is 2.99. The van der Waals surface area contributed by atoms with Gasteiger partial charge in [0.15, 0.2) is 5.43 Å². The Kier molecular flexibility index (Phi) is 1.90. The zero-order valence-corrected chi connectivity index (χ0v) is 8.24. The van der Waals surface area contributed by atoms with Gasteiger partial charge in [-0.3, -0.25) is 10.2 Å². The molecule has 7 nitrogen and oxygen atoms in total. The van der Waals surface area contributed by atoms with E-state index in [9.17, 15) is 9.59 Å². The van der Waals surface area contributed by atoms with Crippen molar-refractivity contribution in [3.05, 3.63) is 27.5 Å². The van der Waals surface area contributed by atoms with Gasteiger partial charge in [0.1, 0.15) is 11.4 Å². The maximum Gasteiger partial charge on any atom is 0.341 e. The molecule has 0 amide bonds. The quantitative estimate of drug-likeness (QED) is 0.584. The van der Waals surface area contributed by atoms with Gasteiger partial charge in [-0.1, -0.05) is 0 Å². The second-order valence-electron chi connectivity index (χ2n) is 3.27. The van der Waals surface area contributed by atoms with Crippen molar-refractivity contribution in [1.29, 1.82) is 0 Å². The van der Waals surface area contributed by atoms with E-state index in [0.717, 1.165) is 0 Å². The maximum atomic E-state index is 11.5. The summed E-state index contributed by atoms with van der Waals surface area (Å²) in [5.74, 6) is -0.700. The highest BCUT2D eigenvalue weighted by molar-refractivity contribution is 5.89. The minimum atomic E-state index is -1.22. The molecule has 80 valence electrons. The van der Waals surface area contributed by atoms with Gasteiger partial charge in [0, 0.05) is 13.1 Å². The van der Waals surface area contributed by atoms with Crippen LogP contribution in [-0.4, -0.2) is 27.9 Å². The van der Waals surface area contributed by atoms with Crippen LogP contribution in [0.4, 0.5) is 5.82 Å². The molecular formula is C8H10N4O3. The van der Waals surface area contributed by atoms with Crippen LogP contribution in [0.15, 0.2) is 10.9 Å². The Balaban J connectivity index is 2.69. The number of aromatic carboxylic acids is 1. The number of anilines is 1. The molecule has 1 aromatic heterocycles. The van der Waals surface area contributed by atoms with Crippen molar-refractivity contribution in [3.8, 4) is 0 Å². The van der Waals surface area contributed by atoms with Crippen molar-refractivity contribution >= 4 is 11.8 Å². The van der Waals surface area contributed by atoms with Crippen molar-refractivity contribution in [3.63, 3.8) is 0 Å². The van der Waals surface area contributed by atoms with Gasteiger partial charge in [0.25, 0.3) is 0 Å². The normalized spacial score (nSPS) is 14.3. The molecule has 2 heterocycles. The van der Waals surface area contributed by atoms with Gasteiger partial charge in [-0.2, -0.15) is 0 Å². The molecular weight excluding hydrogens is 200 g/mol. The van der Waals surface area contributed by atoms with Crippen LogP contribution >= 0.6 is 0 Å². The molecule has 3 N–H and O–H groups in total. The van der Waals surface area contributed by atoms with E-state index in [4.69, 9.17) is 5.11 Å². The summed E-state index contributed by atoms with van der Waals surface area (Å²) in [4.78, 5) is 22.3. The molecule has 0 unspecified atom stereocenters. The summed E-state index contributed by atoms with van der Waals surface area (Å²) in [6.45, 7) is 1.57. The molecule has 2 rings (SSSR count). The van der Waals surface area contributed by atoms with Crippen molar-refractivity contribution < 1.29 is 9.90 Å². The molecule has 0 spiro atoms. The maximum absolute atomic E-state index is 11.5. The van der Waals surface area contributed by atoms with Crippen molar-refractivity contribution in [2.45, 2.75) is 6.92 Å². The van der Waals surface area contributed by atoms with Gasteiger partial charge in [0.2, 0.25) is 0 Å². The summed E-state index contributed by atoms with van der Waals surface area (Å²) in [5.41, 5.74) is 5.30. The predicted octanol–water partition coefficient (Wildman–Crippen LogP) is -0.414. The Morgan fingerprint density at radius 2 is 2.20 bits per heavy atom. The van der Waals surface area contributed by atoms with Crippen LogP contribution in [-0.2, 0) is 0 Å². The number of pyridine rings is 1. The lowest BCUT2D eigenvalue weighted by molar-refractivity contribution is 0.0694. The Hall–Kier alpha value is -2.02. The monoisotopic (exact) mass is 210 g/mol. The van der Waals surface area contributed by atoms with Crippen LogP contribution in [0.25, 0.3) is 0 Å². The minimum absolute atomic E-state index is 0.219. The largest absolute Gasteiger partial charge is 0.477 e. The van der Waals surface area contributed by atoms with Crippen LogP contribution < -0.4 is 16.4 Å². The van der Waals surface area contributed by atoms with Gasteiger partial charge in [-0.15, -0.1) is 5.12 Å². The SMILES string of the molecule is Cc1c(C(=O)O)c(=O)cc2n1NN(C)N2. The summed E-state index contributed by atoms with van der Waals surface area (Å²) in [6.07, 6.45) is 0. The lowest BCUT2D eigenvalue weighted by Gasteiger charge is -2.10. The molecule has 0 atom stereocenters. The summed E-state index contributed by atoms with van der Waals surface area (Å²) in [6, 6.07) is 1.24. The van der Waals surface area contributed by atoms with Gasteiger partial charge in [0.05, 0.1) is 5.69 Å². The number of carboxylic acid groups (broad SMARTS) is 1. The average molecular weight is 210 g/mol. The number of hydrogen-bond acceptors (Lipinski definition) is 5. The van der Waals surface area contributed by atoms with E-state index in [2.05, 4.69) is 11.0 Å².